The van der Waals surface area contributed by atoms with Gasteiger partial charge in [0.25, 0.3) is 0 Å². The third-order valence-electron chi connectivity index (χ3n) is 3.90. The van der Waals surface area contributed by atoms with Gasteiger partial charge in [0, 0.05) is 11.6 Å². The number of rotatable bonds is 4. The number of aromatic nitrogens is 2. The van der Waals surface area contributed by atoms with Crippen LogP contribution in [0.2, 0.25) is 0 Å². The minimum Gasteiger partial charge on any atom is -0.417 e. The summed E-state index contributed by atoms with van der Waals surface area (Å²) in [5.74, 6) is 1.02. The minimum atomic E-state index is 0.492. The molecule has 25 heavy (non-hydrogen) atoms. The van der Waals surface area contributed by atoms with Crippen molar-refractivity contribution in [3.63, 3.8) is 0 Å². The van der Waals surface area contributed by atoms with Crippen molar-refractivity contribution in [2.45, 2.75) is 0 Å². The molecule has 4 aromatic rings. The van der Waals surface area contributed by atoms with Crippen molar-refractivity contribution in [2.75, 3.05) is 0 Å². The quantitative estimate of drug-likeness (QED) is 0.492. The van der Waals surface area contributed by atoms with Gasteiger partial charge in [-0.3, -0.25) is 0 Å². The Labute approximate surface area is 146 Å². The molecular weight excluding hydrogens is 308 g/mol. The Kier molecular flexibility index (Phi) is 4.21. The summed E-state index contributed by atoms with van der Waals surface area (Å²) < 4.78 is 5.68. The Morgan fingerprint density at radius 1 is 0.560 bits per heavy atom. The second kappa shape index (κ2) is 6.97. The molecule has 0 amide bonds. The van der Waals surface area contributed by atoms with Crippen molar-refractivity contribution in [2.24, 2.45) is 0 Å². The van der Waals surface area contributed by atoms with Crippen molar-refractivity contribution in [1.82, 2.24) is 10.2 Å². The largest absolute Gasteiger partial charge is 0.417 e. The molecule has 0 aliphatic carbocycles. The van der Waals surface area contributed by atoms with Gasteiger partial charge in [0.1, 0.15) is 0 Å². The summed E-state index contributed by atoms with van der Waals surface area (Å²) in [4.78, 5) is 0. The Hall–Kier alpha value is -3.46. The molecule has 1 heterocycles. The van der Waals surface area contributed by atoms with E-state index in [2.05, 4.69) is 46.6 Å². The van der Waals surface area contributed by atoms with E-state index in [4.69, 9.17) is 4.42 Å². The van der Waals surface area contributed by atoms with E-state index in [-0.39, 0.29) is 0 Å². The monoisotopic (exact) mass is 324 g/mol. The van der Waals surface area contributed by atoms with E-state index in [1.54, 1.807) is 0 Å². The maximum atomic E-state index is 5.68. The van der Waals surface area contributed by atoms with Crippen molar-refractivity contribution >= 4 is 12.2 Å². The molecule has 0 spiro atoms. The average Bonchev–Trinajstić information content (AvgIpc) is 3.17. The first kappa shape index (κ1) is 15.1. The number of hydrogen-bond donors (Lipinski definition) is 0. The van der Waals surface area contributed by atoms with Gasteiger partial charge in [-0.05, 0) is 34.9 Å². The SMILES string of the molecule is C(=C\c1nnc(-c2ccccc2)o1)/c1ccc(-c2ccccc2)cc1. The van der Waals surface area contributed by atoms with Gasteiger partial charge in [-0.2, -0.15) is 0 Å². The molecule has 120 valence electrons. The highest BCUT2D eigenvalue weighted by molar-refractivity contribution is 5.70. The predicted octanol–water partition coefficient (Wildman–Crippen LogP) is 5.57. The highest BCUT2D eigenvalue weighted by Crippen LogP contribution is 2.21. The van der Waals surface area contributed by atoms with Crippen LogP contribution in [-0.2, 0) is 0 Å². The topological polar surface area (TPSA) is 38.9 Å². The van der Waals surface area contributed by atoms with Crippen LogP contribution in [0.1, 0.15) is 11.5 Å². The zero-order valence-corrected chi connectivity index (χ0v) is 13.5. The second-order valence-corrected chi connectivity index (χ2v) is 5.63. The number of benzene rings is 3. The molecule has 3 heteroatoms. The molecule has 0 N–H and O–H groups in total. The lowest BCUT2D eigenvalue weighted by Crippen LogP contribution is -1.78. The van der Waals surface area contributed by atoms with Crippen molar-refractivity contribution < 1.29 is 4.42 Å². The summed E-state index contributed by atoms with van der Waals surface area (Å²) >= 11 is 0. The summed E-state index contributed by atoms with van der Waals surface area (Å²) in [7, 11) is 0. The third kappa shape index (κ3) is 3.56. The molecule has 3 nitrogen and oxygen atoms in total. The fourth-order valence-corrected chi connectivity index (χ4v) is 2.58. The van der Waals surface area contributed by atoms with Crippen LogP contribution in [0.4, 0.5) is 0 Å². The van der Waals surface area contributed by atoms with Crippen molar-refractivity contribution in [1.29, 1.82) is 0 Å². The van der Waals surface area contributed by atoms with E-state index in [0.717, 1.165) is 11.1 Å². The van der Waals surface area contributed by atoms with E-state index >= 15 is 0 Å². The van der Waals surface area contributed by atoms with Gasteiger partial charge in [-0.15, -0.1) is 10.2 Å². The van der Waals surface area contributed by atoms with Crippen LogP contribution in [0.25, 0.3) is 34.7 Å². The summed E-state index contributed by atoms with van der Waals surface area (Å²) in [6.07, 6.45) is 3.80. The lowest BCUT2D eigenvalue weighted by atomic mass is 10.0. The van der Waals surface area contributed by atoms with Crippen molar-refractivity contribution in [3.05, 3.63) is 96.4 Å². The molecule has 0 atom stereocenters. The van der Waals surface area contributed by atoms with E-state index in [9.17, 15) is 0 Å². The summed E-state index contributed by atoms with van der Waals surface area (Å²) in [5, 5.41) is 8.15. The Bertz CT molecular complexity index is 971. The fourth-order valence-electron chi connectivity index (χ4n) is 2.58. The first-order valence-electron chi connectivity index (χ1n) is 8.11. The van der Waals surface area contributed by atoms with Gasteiger partial charge >= 0.3 is 0 Å². The fraction of sp³-hybridized carbons (Fsp3) is 0. The van der Waals surface area contributed by atoms with Gasteiger partial charge < -0.3 is 4.42 Å². The highest BCUT2D eigenvalue weighted by atomic mass is 16.4. The van der Waals surface area contributed by atoms with Crippen LogP contribution in [0.15, 0.2) is 89.3 Å². The normalized spacial score (nSPS) is 11.0. The van der Waals surface area contributed by atoms with Gasteiger partial charge in [0.2, 0.25) is 11.8 Å². The Morgan fingerprint density at radius 3 is 1.84 bits per heavy atom. The molecule has 0 aliphatic rings. The summed E-state index contributed by atoms with van der Waals surface area (Å²) in [6, 6.07) is 28.4. The molecule has 0 fully saturated rings. The molecule has 3 aromatic carbocycles. The Balaban J connectivity index is 1.50. The maximum Gasteiger partial charge on any atom is 0.248 e. The zero-order valence-electron chi connectivity index (χ0n) is 13.5. The first-order valence-corrected chi connectivity index (χ1v) is 8.11. The van der Waals surface area contributed by atoms with Crippen molar-refractivity contribution in [3.8, 4) is 22.6 Å². The smallest absolute Gasteiger partial charge is 0.248 e. The van der Waals surface area contributed by atoms with E-state index in [1.165, 1.54) is 11.1 Å². The molecule has 0 aliphatic heterocycles. The number of nitrogens with zero attached hydrogens (tertiary/aromatic N) is 2. The molecule has 0 saturated carbocycles. The van der Waals surface area contributed by atoms with E-state index in [0.29, 0.717) is 11.8 Å². The van der Waals surface area contributed by atoms with Gasteiger partial charge in [-0.25, -0.2) is 0 Å². The van der Waals surface area contributed by atoms with Crippen LogP contribution in [0.3, 0.4) is 0 Å². The summed E-state index contributed by atoms with van der Waals surface area (Å²) in [6.45, 7) is 0. The van der Waals surface area contributed by atoms with E-state index in [1.807, 2.05) is 60.7 Å². The predicted molar refractivity (Wildman–Crippen MR) is 101 cm³/mol. The molecule has 1 aromatic heterocycles. The van der Waals surface area contributed by atoms with E-state index < -0.39 is 0 Å². The van der Waals surface area contributed by atoms with Gasteiger partial charge in [0.05, 0.1) is 0 Å². The molecule has 0 bridgehead atoms. The Morgan fingerprint density at radius 2 is 1.16 bits per heavy atom. The minimum absolute atomic E-state index is 0.492. The molecule has 0 saturated heterocycles. The molecule has 0 radical (unpaired) electrons. The van der Waals surface area contributed by atoms with Gasteiger partial charge in [-0.1, -0.05) is 72.8 Å². The molecule has 4 rings (SSSR count). The van der Waals surface area contributed by atoms with Gasteiger partial charge in [0.15, 0.2) is 0 Å². The maximum absolute atomic E-state index is 5.68. The van der Waals surface area contributed by atoms with Crippen LogP contribution < -0.4 is 0 Å². The second-order valence-electron chi connectivity index (χ2n) is 5.63. The van der Waals surface area contributed by atoms with Crippen LogP contribution in [0, 0.1) is 0 Å². The molecular formula is C22H16N2O. The van der Waals surface area contributed by atoms with Crippen LogP contribution >= 0.6 is 0 Å². The molecule has 0 unspecified atom stereocenters. The lowest BCUT2D eigenvalue weighted by molar-refractivity contribution is 0.558. The zero-order chi connectivity index (χ0) is 16.9. The number of hydrogen-bond acceptors (Lipinski definition) is 3. The third-order valence-corrected chi connectivity index (χ3v) is 3.90. The average molecular weight is 324 g/mol. The standard InChI is InChI=1S/C22H16N2O/c1-3-7-18(8-4-1)19-14-11-17(12-15-19)13-16-21-23-24-22(25-21)20-9-5-2-6-10-20/h1-16H/b16-13+. The summed E-state index contributed by atoms with van der Waals surface area (Å²) in [5.41, 5.74) is 4.41. The lowest BCUT2D eigenvalue weighted by Gasteiger charge is -2.01. The van der Waals surface area contributed by atoms with Crippen LogP contribution in [-0.4, -0.2) is 10.2 Å². The first-order chi connectivity index (χ1) is 12.4. The van der Waals surface area contributed by atoms with Crippen LogP contribution in [0.5, 0.6) is 0 Å². The highest BCUT2D eigenvalue weighted by Gasteiger charge is 2.05.